The van der Waals surface area contributed by atoms with E-state index in [1.165, 1.54) is 0 Å². The lowest BCUT2D eigenvalue weighted by molar-refractivity contribution is 0.410. The van der Waals surface area contributed by atoms with E-state index >= 15 is 0 Å². The molecule has 0 bridgehead atoms. The van der Waals surface area contributed by atoms with E-state index in [1.807, 2.05) is 47.1 Å². The van der Waals surface area contributed by atoms with Crippen molar-refractivity contribution in [3.63, 3.8) is 0 Å². The summed E-state index contributed by atoms with van der Waals surface area (Å²) in [5.74, 6) is 0.888. The van der Waals surface area contributed by atoms with Crippen LogP contribution >= 0.6 is 0 Å². The van der Waals surface area contributed by atoms with E-state index in [0.29, 0.717) is 0 Å². The number of para-hydroxylation sites is 1. The van der Waals surface area contributed by atoms with Crippen LogP contribution in [0.1, 0.15) is 11.3 Å². The molecule has 0 saturated heterocycles. The molecule has 0 aliphatic heterocycles. The monoisotopic (exact) mass is 253 g/mol. The highest BCUT2D eigenvalue weighted by Gasteiger charge is 2.06. The number of rotatable bonds is 3. The second kappa shape index (κ2) is 4.65. The first kappa shape index (κ1) is 11.6. The van der Waals surface area contributed by atoms with Crippen LogP contribution in [-0.4, -0.2) is 16.5 Å². The molecule has 0 amide bonds. The Hall–Kier alpha value is -2.49. The van der Waals surface area contributed by atoms with Gasteiger partial charge in [-0.2, -0.15) is 0 Å². The number of fused-ring (bicyclic) bond motifs is 1. The van der Waals surface area contributed by atoms with Crippen molar-refractivity contribution < 1.29 is 4.74 Å². The maximum absolute atomic E-state index is 5.76. The van der Waals surface area contributed by atoms with Gasteiger partial charge in [0, 0.05) is 30.1 Å². The van der Waals surface area contributed by atoms with Gasteiger partial charge in [0.2, 0.25) is 0 Å². The van der Waals surface area contributed by atoms with Gasteiger partial charge in [0.1, 0.15) is 11.4 Å². The number of aromatic nitrogens is 2. The van der Waals surface area contributed by atoms with Crippen LogP contribution in [0.15, 0.2) is 48.8 Å². The van der Waals surface area contributed by atoms with E-state index in [0.717, 1.165) is 34.8 Å². The summed E-state index contributed by atoms with van der Waals surface area (Å²) in [6.45, 7) is 0. The summed E-state index contributed by atoms with van der Waals surface area (Å²) in [4.78, 5) is 4.58. The molecule has 2 heterocycles. The lowest BCUT2D eigenvalue weighted by Gasteiger charge is -2.05. The average Bonchev–Trinajstić information content (AvgIpc) is 2.80. The molecule has 3 aromatic rings. The number of pyridine rings is 1. The summed E-state index contributed by atoms with van der Waals surface area (Å²) in [7, 11) is 1.68. The highest BCUT2D eigenvalue weighted by atomic mass is 16.5. The number of nitrogen functional groups attached to an aromatic ring is 1. The molecule has 19 heavy (non-hydrogen) atoms. The van der Waals surface area contributed by atoms with Gasteiger partial charge in [0.05, 0.1) is 12.8 Å². The molecule has 3 rings (SSSR count). The van der Waals surface area contributed by atoms with Gasteiger partial charge < -0.3 is 14.9 Å². The van der Waals surface area contributed by atoms with E-state index in [1.54, 1.807) is 7.11 Å². The van der Waals surface area contributed by atoms with Crippen LogP contribution in [0, 0.1) is 0 Å². The molecule has 4 heteroatoms. The lowest BCUT2D eigenvalue weighted by Crippen LogP contribution is -1.93. The van der Waals surface area contributed by atoms with Crippen LogP contribution in [0.2, 0.25) is 0 Å². The number of hydrogen-bond acceptors (Lipinski definition) is 3. The van der Waals surface area contributed by atoms with E-state index in [2.05, 4.69) is 11.1 Å². The molecule has 1 aromatic carbocycles. The average molecular weight is 253 g/mol. The van der Waals surface area contributed by atoms with Crippen molar-refractivity contribution in [3.05, 3.63) is 60.0 Å². The minimum Gasteiger partial charge on any atom is -0.496 e. The predicted octanol–water partition coefficient (Wildman–Crippen LogP) is 2.52. The molecule has 0 aliphatic carbocycles. The summed E-state index contributed by atoms with van der Waals surface area (Å²) >= 11 is 0. The molecule has 0 aliphatic rings. The van der Waals surface area contributed by atoms with Crippen molar-refractivity contribution >= 4 is 11.3 Å². The molecule has 0 spiro atoms. The molecule has 96 valence electrons. The number of benzene rings is 1. The highest BCUT2D eigenvalue weighted by molar-refractivity contribution is 5.49. The normalized spacial score (nSPS) is 10.8. The van der Waals surface area contributed by atoms with E-state index in [-0.39, 0.29) is 0 Å². The Bertz CT molecular complexity index is 718. The molecular weight excluding hydrogens is 238 g/mol. The Kier molecular flexibility index (Phi) is 2.83. The summed E-state index contributed by atoms with van der Waals surface area (Å²) in [5, 5.41) is 0. The molecular formula is C15H15N3O. The fourth-order valence-corrected chi connectivity index (χ4v) is 2.19. The minimum absolute atomic E-state index is 0.730. The van der Waals surface area contributed by atoms with Crippen molar-refractivity contribution in [2.24, 2.45) is 0 Å². The number of ether oxygens (including phenoxy) is 1. The number of hydrogen-bond donors (Lipinski definition) is 1. The molecule has 0 saturated carbocycles. The Balaban J connectivity index is 1.96. The fourth-order valence-electron chi connectivity index (χ4n) is 2.19. The van der Waals surface area contributed by atoms with Gasteiger partial charge >= 0.3 is 0 Å². The molecule has 2 N–H and O–H groups in total. The van der Waals surface area contributed by atoms with E-state index < -0.39 is 0 Å². The lowest BCUT2D eigenvalue weighted by atomic mass is 10.1. The minimum atomic E-state index is 0.730. The maximum atomic E-state index is 5.76. The van der Waals surface area contributed by atoms with Gasteiger partial charge in [-0.25, -0.2) is 4.98 Å². The van der Waals surface area contributed by atoms with Crippen LogP contribution in [0.4, 0.5) is 5.69 Å². The Labute approximate surface area is 111 Å². The zero-order chi connectivity index (χ0) is 13.2. The van der Waals surface area contributed by atoms with Gasteiger partial charge in [0.25, 0.3) is 0 Å². The molecule has 2 aromatic heterocycles. The highest BCUT2D eigenvalue weighted by Crippen LogP contribution is 2.21. The van der Waals surface area contributed by atoms with Gasteiger partial charge in [-0.05, 0) is 18.2 Å². The summed E-state index contributed by atoms with van der Waals surface area (Å²) in [6, 6.07) is 11.8. The Morgan fingerprint density at radius 2 is 2.00 bits per heavy atom. The van der Waals surface area contributed by atoms with Crippen LogP contribution < -0.4 is 10.5 Å². The predicted molar refractivity (Wildman–Crippen MR) is 75.4 cm³/mol. The first-order valence-electron chi connectivity index (χ1n) is 6.11. The van der Waals surface area contributed by atoms with Gasteiger partial charge in [0.15, 0.2) is 0 Å². The van der Waals surface area contributed by atoms with Crippen molar-refractivity contribution in [2.45, 2.75) is 6.42 Å². The van der Waals surface area contributed by atoms with Crippen molar-refractivity contribution in [3.8, 4) is 5.75 Å². The molecule has 4 nitrogen and oxygen atoms in total. The number of nitrogens with zero attached hydrogens (tertiary/aromatic N) is 2. The number of anilines is 1. The standard InChI is InChI=1S/C15H15N3O/c1-19-14-5-3-2-4-11(14)8-13-10-18-9-12(16)6-7-15(18)17-13/h2-7,9-10H,8,16H2,1H3. The third kappa shape index (κ3) is 2.25. The molecule has 0 radical (unpaired) electrons. The second-order valence-electron chi connectivity index (χ2n) is 4.45. The van der Waals surface area contributed by atoms with Crippen LogP contribution in [0.3, 0.4) is 0 Å². The van der Waals surface area contributed by atoms with Gasteiger partial charge in [-0.15, -0.1) is 0 Å². The molecule has 0 atom stereocenters. The van der Waals surface area contributed by atoms with Crippen molar-refractivity contribution in [1.82, 2.24) is 9.38 Å². The van der Waals surface area contributed by atoms with Gasteiger partial charge in [-0.1, -0.05) is 18.2 Å². The first-order chi connectivity index (χ1) is 9.26. The first-order valence-corrected chi connectivity index (χ1v) is 6.11. The van der Waals surface area contributed by atoms with Crippen LogP contribution in [0.5, 0.6) is 5.75 Å². The third-order valence-electron chi connectivity index (χ3n) is 3.09. The fraction of sp³-hybridized carbons (Fsp3) is 0.133. The third-order valence-corrected chi connectivity index (χ3v) is 3.09. The molecule has 0 fully saturated rings. The van der Waals surface area contributed by atoms with Crippen molar-refractivity contribution in [2.75, 3.05) is 12.8 Å². The SMILES string of the molecule is COc1ccccc1Cc1cn2cc(N)ccc2n1. The van der Waals surface area contributed by atoms with Crippen LogP contribution in [0.25, 0.3) is 5.65 Å². The van der Waals surface area contributed by atoms with Gasteiger partial charge in [-0.3, -0.25) is 0 Å². The second-order valence-corrected chi connectivity index (χ2v) is 4.45. The van der Waals surface area contributed by atoms with Crippen LogP contribution in [-0.2, 0) is 6.42 Å². The quantitative estimate of drug-likeness (QED) is 0.780. The number of methoxy groups -OCH3 is 1. The summed E-state index contributed by atoms with van der Waals surface area (Å²) in [6.07, 6.45) is 4.61. The number of nitrogens with two attached hydrogens (primary N) is 1. The topological polar surface area (TPSA) is 52.5 Å². The zero-order valence-electron chi connectivity index (χ0n) is 10.7. The largest absolute Gasteiger partial charge is 0.496 e. The van der Waals surface area contributed by atoms with E-state index in [4.69, 9.17) is 10.5 Å². The Morgan fingerprint density at radius 1 is 1.16 bits per heavy atom. The number of imidazole rings is 1. The zero-order valence-corrected chi connectivity index (χ0v) is 10.7. The Morgan fingerprint density at radius 3 is 2.84 bits per heavy atom. The van der Waals surface area contributed by atoms with Crippen molar-refractivity contribution in [1.29, 1.82) is 0 Å². The van der Waals surface area contributed by atoms with E-state index in [9.17, 15) is 0 Å². The summed E-state index contributed by atoms with van der Waals surface area (Å²) in [5.41, 5.74) is 9.52. The smallest absolute Gasteiger partial charge is 0.137 e. The molecule has 0 unspecified atom stereocenters. The maximum Gasteiger partial charge on any atom is 0.137 e. The summed E-state index contributed by atoms with van der Waals surface area (Å²) < 4.78 is 7.30.